The number of carbonyl (C=O) groups excluding carboxylic acids is 2. The maximum Gasteiger partial charge on any atom is 0.240 e. The summed E-state index contributed by atoms with van der Waals surface area (Å²) in [5.41, 5.74) is 2.72. The minimum absolute atomic E-state index is 0.0726. The Morgan fingerprint density at radius 3 is 2.11 bits per heavy atom. The molecule has 7 nitrogen and oxygen atoms in total. The zero-order chi connectivity index (χ0) is 20.7. The summed E-state index contributed by atoms with van der Waals surface area (Å²) in [5, 5.41) is 5.43. The summed E-state index contributed by atoms with van der Waals surface area (Å²) >= 11 is 1.17. The van der Waals surface area contributed by atoms with Crippen LogP contribution in [-0.4, -0.2) is 38.8 Å². The first kappa shape index (κ1) is 21.9. The average molecular weight is 422 g/mol. The highest BCUT2D eigenvalue weighted by molar-refractivity contribution is 8.00. The Morgan fingerprint density at radius 2 is 1.54 bits per heavy atom. The van der Waals surface area contributed by atoms with Crippen LogP contribution in [0.1, 0.15) is 11.1 Å². The Kier molecular flexibility index (Phi) is 7.61. The number of anilines is 2. The number of hydrogen-bond donors (Lipinski definition) is 3. The zero-order valence-corrected chi connectivity index (χ0v) is 17.5. The van der Waals surface area contributed by atoms with Crippen LogP contribution >= 0.6 is 11.8 Å². The lowest BCUT2D eigenvalue weighted by Crippen LogP contribution is -2.21. The van der Waals surface area contributed by atoms with Gasteiger partial charge in [0.05, 0.1) is 16.4 Å². The van der Waals surface area contributed by atoms with Crippen molar-refractivity contribution in [2.24, 2.45) is 0 Å². The smallest absolute Gasteiger partial charge is 0.240 e. The summed E-state index contributed by atoms with van der Waals surface area (Å²) in [7, 11) is -2.28. The molecule has 3 N–H and O–H groups in total. The number of amides is 2. The molecule has 0 saturated carbocycles. The minimum atomic E-state index is -3.61. The summed E-state index contributed by atoms with van der Waals surface area (Å²) in [6.45, 7) is 3.62. The molecule has 2 aromatic rings. The van der Waals surface area contributed by atoms with Gasteiger partial charge in [-0.15, -0.1) is 11.8 Å². The van der Waals surface area contributed by atoms with Gasteiger partial charge >= 0.3 is 0 Å². The summed E-state index contributed by atoms with van der Waals surface area (Å²) < 4.78 is 26.3. The van der Waals surface area contributed by atoms with Crippen LogP contribution in [0.5, 0.6) is 0 Å². The molecule has 0 aliphatic heterocycles. The minimum Gasteiger partial charge on any atom is -0.325 e. The normalized spacial score (nSPS) is 11.1. The Bertz CT molecular complexity index is 975. The van der Waals surface area contributed by atoms with Crippen LogP contribution in [0.3, 0.4) is 0 Å². The molecular weight excluding hydrogens is 398 g/mol. The fourth-order valence-electron chi connectivity index (χ4n) is 2.43. The molecule has 28 heavy (non-hydrogen) atoms. The van der Waals surface area contributed by atoms with E-state index >= 15 is 0 Å². The van der Waals surface area contributed by atoms with Gasteiger partial charge in [-0.25, -0.2) is 13.1 Å². The van der Waals surface area contributed by atoms with Gasteiger partial charge in [-0.2, -0.15) is 0 Å². The summed E-state index contributed by atoms with van der Waals surface area (Å²) in [6, 6.07) is 12.1. The molecule has 0 spiro atoms. The molecule has 0 bridgehead atoms. The second kappa shape index (κ2) is 9.72. The Labute approximate surface area is 169 Å². The Morgan fingerprint density at radius 1 is 0.929 bits per heavy atom. The Hall–Kier alpha value is -2.36. The lowest BCUT2D eigenvalue weighted by molar-refractivity contribution is -0.114. The van der Waals surface area contributed by atoms with Gasteiger partial charge in [-0.05, 0) is 56.3 Å². The van der Waals surface area contributed by atoms with Gasteiger partial charge in [-0.1, -0.05) is 18.2 Å². The third-order valence-electron chi connectivity index (χ3n) is 3.80. The highest BCUT2D eigenvalue weighted by atomic mass is 32.2. The van der Waals surface area contributed by atoms with E-state index in [9.17, 15) is 18.0 Å². The molecule has 2 aromatic carbocycles. The average Bonchev–Trinajstić information content (AvgIpc) is 2.63. The number of hydrogen-bond acceptors (Lipinski definition) is 5. The van der Waals surface area contributed by atoms with Crippen LogP contribution in [-0.2, 0) is 19.6 Å². The zero-order valence-electron chi connectivity index (χ0n) is 15.9. The molecule has 0 atom stereocenters. The van der Waals surface area contributed by atoms with Crippen molar-refractivity contribution in [3.8, 4) is 0 Å². The quantitative estimate of drug-likeness (QED) is 0.608. The predicted octanol–water partition coefficient (Wildman–Crippen LogP) is 2.52. The van der Waals surface area contributed by atoms with Crippen molar-refractivity contribution < 1.29 is 18.0 Å². The van der Waals surface area contributed by atoms with E-state index in [2.05, 4.69) is 15.4 Å². The number of rotatable bonds is 8. The van der Waals surface area contributed by atoms with Gasteiger partial charge in [0.25, 0.3) is 0 Å². The van der Waals surface area contributed by atoms with E-state index < -0.39 is 10.0 Å². The summed E-state index contributed by atoms with van der Waals surface area (Å²) in [6.07, 6.45) is 0. The molecular formula is C19H23N3O4S2. The molecule has 0 aromatic heterocycles. The van der Waals surface area contributed by atoms with Crippen molar-refractivity contribution in [2.75, 3.05) is 29.2 Å². The molecule has 0 fully saturated rings. The van der Waals surface area contributed by atoms with Crippen LogP contribution in [0, 0.1) is 13.8 Å². The number of nitrogens with one attached hydrogen (secondary N) is 3. The van der Waals surface area contributed by atoms with Crippen molar-refractivity contribution >= 4 is 45.0 Å². The summed E-state index contributed by atoms with van der Waals surface area (Å²) in [4.78, 5) is 24.1. The van der Waals surface area contributed by atoms with E-state index in [1.165, 1.54) is 24.9 Å². The van der Waals surface area contributed by atoms with Gasteiger partial charge in [-0.3, -0.25) is 9.59 Å². The van der Waals surface area contributed by atoms with E-state index in [-0.39, 0.29) is 28.2 Å². The van der Waals surface area contributed by atoms with Crippen molar-refractivity contribution in [2.45, 2.75) is 18.7 Å². The van der Waals surface area contributed by atoms with Crippen LogP contribution in [0.4, 0.5) is 11.4 Å². The van der Waals surface area contributed by atoms with Crippen molar-refractivity contribution in [3.63, 3.8) is 0 Å². The molecule has 9 heteroatoms. The third-order valence-corrected chi connectivity index (χ3v) is 6.29. The second-order valence-electron chi connectivity index (χ2n) is 6.15. The number of carbonyl (C=O) groups is 2. The monoisotopic (exact) mass is 421 g/mol. The first-order chi connectivity index (χ1) is 13.2. The van der Waals surface area contributed by atoms with Crippen molar-refractivity contribution in [1.82, 2.24) is 4.72 Å². The highest BCUT2D eigenvalue weighted by Crippen LogP contribution is 2.20. The first-order valence-corrected chi connectivity index (χ1v) is 11.1. The molecule has 0 aliphatic rings. The lowest BCUT2D eigenvalue weighted by atomic mass is 10.2. The van der Waals surface area contributed by atoms with E-state index in [1.54, 1.807) is 25.1 Å². The van der Waals surface area contributed by atoms with E-state index in [1.807, 2.05) is 25.1 Å². The number of aryl methyl sites for hydroxylation is 2. The molecule has 150 valence electrons. The number of sulfonamides is 1. The van der Waals surface area contributed by atoms with Gasteiger partial charge in [0.2, 0.25) is 21.8 Å². The van der Waals surface area contributed by atoms with Gasteiger partial charge in [0.1, 0.15) is 0 Å². The Balaban J connectivity index is 1.86. The number of benzene rings is 2. The van der Waals surface area contributed by atoms with Crippen molar-refractivity contribution in [3.05, 3.63) is 53.6 Å². The summed E-state index contributed by atoms with van der Waals surface area (Å²) in [5.74, 6) is -0.302. The van der Waals surface area contributed by atoms with Crippen molar-refractivity contribution in [1.29, 1.82) is 0 Å². The molecule has 0 saturated heterocycles. The molecule has 0 aliphatic carbocycles. The van der Waals surface area contributed by atoms with Gasteiger partial charge in [0, 0.05) is 11.4 Å². The third kappa shape index (κ3) is 6.36. The topological polar surface area (TPSA) is 104 Å². The first-order valence-electron chi connectivity index (χ1n) is 8.49. The predicted molar refractivity (Wildman–Crippen MR) is 113 cm³/mol. The van der Waals surface area contributed by atoms with Crippen LogP contribution in [0.15, 0.2) is 47.4 Å². The van der Waals surface area contributed by atoms with E-state index in [0.29, 0.717) is 16.9 Å². The molecule has 0 radical (unpaired) electrons. The van der Waals surface area contributed by atoms with E-state index in [0.717, 1.165) is 5.56 Å². The maximum absolute atomic E-state index is 12.1. The standard InChI is InChI=1S/C19H23N3O4S2/c1-13-5-4-6-15(9-13)21-18(23)11-27-12-19(24)22-16-8-7-14(2)17(10-16)28(25,26)20-3/h4-10,20H,11-12H2,1-3H3,(H,21,23)(H,22,24). The molecule has 2 rings (SSSR count). The highest BCUT2D eigenvalue weighted by Gasteiger charge is 2.16. The van der Waals surface area contributed by atoms with Crippen LogP contribution in [0.2, 0.25) is 0 Å². The molecule has 0 unspecified atom stereocenters. The van der Waals surface area contributed by atoms with Crippen LogP contribution < -0.4 is 15.4 Å². The number of thioether (sulfide) groups is 1. The maximum atomic E-state index is 12.1. The van der Waals surface area contributed by atoms with E-state index in [4.69, 9.17) is 0 Å². The largest absolute Gasteiger partial charge is 0.325 e. The fraction of sp³-hybridized carbons (Fsp3) is 0.263. The fourth-order valence-corrected chi connectivity index (χ4v) is 4.04. The molecule has 0 heterocycles. The lowest BCUT2D eigenvalue weighted by Gasteiger charge is -2.10. The molecule has 2 amide bonds. The van der Waals surface area contributed by atoms with Gasteiger partial charge in [0.15, 0.2) is 0 Å². The SMILES string of the molecule is CNS(=O)(=O)c1cc(NC(=O)CSCC(=O)Nc2cccc(C)c2)ccc1C. The second-order valence-corrected chi connectivity index (χ2v) is 8.99. The van der Waals surface area contributed by atoms with Crippen LogP contribution in [0.25, 0.3) is 0 Å². The van der Waals surface area contributed by atoms with Gasteiger partial charge < -0.3 is 10.6 Å².